The molecule has 1 N–H and O–H groups in total. The smallest absolute Gasteiger partial charge is 0.220 e. The number of carbonyl (C=O) groups excluding carboxylic acids is 2. The molecule has 158 valence electrons. The van der Waals surface area contributed by atoms with Gasteiger partial charge >= 0.3 is 0 Å². The third kappa shape index (κ3) is 8.73. The van der Waals surface area contributed by atoms with Gasteiger partial charge < -0.3 is 14.8 Å². The highest BCUT2D eigenvalue weighted by atomic mass is 16.5. The lowest BCUT2D eigenvalue weighted by Gasteiger charge is -2.28. The van der Waals surface area contributed by atoms with Crippen molar-refractivity contribution in [2.45, 2.75) is 84.1 Å². The molecule has 0 aliphatic heterocycles. The van der Waals surface area contributed by atoms with Gasteiger partial charge in [0, 0.05) is 46.2 Å². The predicted octanol–water partition coefficient (Wildman–Crippen LogP) is 4.14. The standard InChI is InChI=1S/C22H39NO4.H2/c1-3-26-15-18-6-8-19(9-7-18)16-27-14-4-5-22(25)23-21-12-10-20(11-13-21)17(2)24;/h18-21H,3-16H2,1-2H3,(H,23,25);1H. The van der Waals surface area contributed by atoms with Gasteiger partial charge in [-0.15, -0.1) is 0 Å². The second kappa shape index (κ2) is 12.5. The van der Waals surface area contributed by atoms with Crippen LogP contribution in [0, 0.1) is 17.8 Å². The lowest BCUT2D eigenvalue weighted by atomic mass is 9.83. The molecule has 0 saturated heterocycles. The maximum Gasteiger partial charge on any atom is 0.220 e. The van der Waals surface area contributed by atoms with E-state index in [-0.39, 0.29) is 19.3 Å². The van der Waals surface area contributed by atoms with Gasteiger partial charge in [-0.2, -0.15) is 0 Å². The molecule has 2 rings (SSSR count). The van der Waals surface area contributed by atoms with Gasteiger partial charge in [0.1, 0.15) is 5.78 Å². The molecule has 0 heterocycles. The zero-order chi connectivity index (χ0) is 19.5. The number of ketones is 1. The Hall–Kier alpha value is -0.940. The molecule has 0 aromatic heterocycles. The summed E-state index contributed by atoms with van der Waals surface area (Å²) >= 11 is 0. The van der Waals surface area contributed by atoms with E-state index in [9.17, 15) is 9.59 Å². The number of Topliss-reactive ketones (excluding diaryl/α,β-unsaturated/α-hetero) is 1. The van der Waals surface area contributed by atoms with Crippen molar-refractivity contribution >= 4 is 11.7 Å². The first kappa shape index (κ1) is 22.4. The van der Waals surface area contributed by atoms with Gasteiger partial charge in [0.25, 0.3) is 0 Å². The van der Waals surface area contributed by atoms with Crippen LogP contribution in [0.2, 0.25) is 0 Å². The van der Waals surface area contributed by atoms with Crippen LogP contribution in [0.15, 0.2) is 0 Å². The molecule has 27 heavy (non-hydrogen) atoms. The Kier molecular flexibility index (Phi) is 10.4. The first-order valence-electron chi connectivity index (χ1n) is 11.0. The van der Waals surface area contributed by atoms with E-state index in [0.717, 1.165) is 57.8 Å². The Labute approximate surface area is 166 Å². The van der Waals surface area contributed by atoms with Crippen molar-refractivity contribution in [3.63, 3.8) is 0 Å². The van der Waals surface area contributed by atoms with Crippen LogP contribution in [0.1, 0.15) is 79.5 Å². The van der Waals surface area contributed by atoms with Gasteiger partial charge in [-0.3, -0.25) is 9.59 Å². The van der Waals surface area contributed by atoms with E-state index in [1.54, 1.807) is 6.92 Å². The van der Waals surface area contributed by atoms with Crippen LogP contribution in [0.3, 0.4) is 0 Å². The van der Waals surface area contributed by atoms with Gasteiger partial charge in [-0.05, 0) is 83.5 Å². The Morgan fingerprint density at radius 1 is 0.926 bits per heavy atom. The lowest BCUT2D eigenvalue weighted by Crippen LogP contribution is -2.38. The fourth-order valence-electron chi connectivity index (χ4n) is 4.38. The summed E-state index contributed by atoms with van der Waals surface area (Å²) in [6.07, 6.45) is 9.98. The summed E-state index contributed by atoms with van der Waals surface area (Å²) in [6, 6.07) is 0.251. The summed E-state index contributed by atoms with van der Waals surface area (Å²) in [6.45, 7) is 6.96. The normalized spacial score (nSPS) is 28.7. The molecule has 0 unspecified atom stereocenters. The van der Waals surface area contributed by atoms with E-state index in [1.165, 1.54) is 25.7 Å². The Balaban J connectivity index is 0.00000392. The fraction of sp³-hybridized carbons (Fsp3) is 0.909. The first-order chi connectivity index (χ1) is 13.1. The monoisotopic (exact) mass is 383 g/mol. The third-order valence-electron chi connectivity index (χ3n) is 6.24. The van der Waals surface area contributed by atoms with E-state index in [1.807, 2.05) is 0 Å². The van der Waals surface area contributed by atoms with E-state index < -0.39 is 0 Å². The van der Waals surface area contributed by atoms with Crippen LogP contribution in [0.5, 0.6) is 0 Å². The number of hydrogen-bond acceptors (Lipinski definition) is 4. The van der Waals surface area contributed by atoms with Crippen LogP contribution in [0.25, 0.3) is 0 Å². The minimum absolute atomic E-state index is 0. The Morgan fingerprint density at radius 3 is 2.07 bits per heavy atom. The van der Waals surface area contributed by atoms with Crippen LogP contribution < -0.4 is 5.32 Å². The average molecular weight is 384 g/mol. The minimum Gasteiger partial charge on any atom is -0.381 e. The van der Waals surface area contributed by atoms with Crippen molar-refractivity contribution in [3.8, 4) is 0 Å². The second-order valence-corrected chi connectivity index (χ2v) is 8.45. The van der Waals surface area contributed by atoms with Crippen molar-refractivity contribution in [1.29, 1.82) is 0 Å². The summed E-state index contributed by atoms with van der Waals surface area (Å²) in [4.78, 5) is 23.5. The van der Waals surface area contributed by atoms with Gasteiger partial charge in [-0.1, -0.05) is 0 Å². The quantitative estimate of drug-likeness (QED) is 0.545. The third-order valence-corrected chi connectivity index (χ3v) is 6.24. The molecule has 0 aromatic rings. The van der Waals surface area contributed by atoms with E-state index in [4.69, 9.17) is 9.47 Å². The SMILES string of the molecule is CCOCC1CCC(COCCCC(=O)NC2CCC(C(C)=O)CC2)CC1.[HH]. The lowest BCUT2D eigenvalue weighted by molar-refractivity contribution is -0.123. The molecular formula is C22H41NO4. The van der Waals surface area contributed by atoms with E-state index in [0.29, 0.717) is 24.7 Å². The summed E-state index contributed by atoms with van der Waals surface area (Å²) in [7, 11) is 0. The molecule has 0 atom stereocenters. The molecule has 1 amide bonds. The maximum absolute atomic E-state index is 12.1. The molecule has 0 radical (unpaired) electrons. The second-order valence-electron chi connectivity index (χ2n) is 8.45. The van der Waals surface area contributed by atoms with Gasteiger partial charge in [0.2, 0.25) is 5.91 Å². The summed E-state index contributed by atoms with van der Waals surface area (Å²) in [5.74, 6) is 2.03. The molecular weight excluding hydrogens is 342 g/mol. The largest absolute Gasteiger partial charge is 0.381 e. The average Bonchev–Trinajstić information content (AvgIpc) is 2.67. The van der Waals surface area contributed by atoms with Gasteiger partial charge in [-0.25, -0.2) is 0 Å². The maximum atomic E-state index is 12.1. The van der Waals surface area contributed by atoms with Crippen LogP contribution >= 0.6 is 0 Å². The molecule has 2 fully saturated rings. The molecule has 0 aromatic carbocycles. The van der Waals surface area contributed by atoms with Crippen LogP contribution in [0.4, 0.5) is 0 Å². The highest BCUT2D eigenvalue weighted by Crippen LogP contribution is 2.29. The first-order valence-corrected chi connectivity index (χ1v) is 11.0. The molecule has 0 bridgehead atoms. The van der Waals surface area contributed by atoms with Crippen LogP contribution in [-0.2, 0) is 19.1 Å². The molecule has 2 aliphatic rings. The zero-order valence-corrected chi connectivity index (χ0v) is 17.3. The predicted molar refractivity (Wildman–Crippen MR) is 109 cm³/mol. The molecule has 5 heteroatoms. The van der Waals surface area contributed by atoms with E-state index >= 15 is 0 Å². The summed E-state index contributed by atoms with van der Waals surface area (Å²) < 4.78 is 11.4. The number of carbonyl (C=O) groups is 2. The van der Waals surface area contributed by atoms with Gasteiger partial charge in [0.05, 0.1) is 0 Å². The number of rotatable bonds is 11. The van der Waals surface area contributed by atoms with Gasteiger partial charge in [0.15, 0.2) is 0 Å². The number of ether oxygens (including phenoxy) is 2. The molecule has 2 aliphatic carbocycles. The van der Waals surface area contributed by atoms with Crippen molar-refractivity contribution < 1.29 is 20.5 Å². The highest BCUT2D eigenvalue weighted by molar-refractivity contribution is 5.78. The number of hydrogen-bond donors (Lipinski definition) is 1. The zero-order valence-electron chi connectivity index (χ0n) is 17.3. The number of amides is 1. The fourth-order valence-corrected chi connectivity index (χ4v) is 4.38. The van der Waals surface area contributed by atoms with Crippen molar-refractivity contribution in [3.05, 3.63) is 0 Å². The van der Waals surface area contributed by atoms with Crippen molar-refractivity contribution in [2.75, 3.05) is 26.4 Å². The summed E-state index contributed by atoms with van der Waals surface area (Å²) in [5.41, 5.74) is 0. The summed E-state index contributed by atoms with van der Waals surface area (Å²) in [5, 5.41) is 3.12. The van der Waals surface area contributed by atoms with Crippen LogP contribution in [-0.4, -0.2) is 44.2 Å². The van der Waals surface area contributed by atoms with Crippen molar-refractivity contribution in [1.82, 2.24) is 5.32 Å². The molecule has 0 spiro atoms. The Bertz CT molecular complexity index is 444. The number of nitrogens with one attached hydrogen (secondary N) is 1. The van der Waals surface area contributed by atoms with E-state index in [2.05, 4.69) is 12.2 Å². The highest BCUT2D eigenvalue weighted by Gasteiger charge is 2.25. The minimum atomic E-state index is 0. The molecule has 2 saturated carbocycles. The topological polar surface area (TPSA) is 64.6 Å². The molecule has 5 nitrogen and oxygen atoms in total. The Morgan fingerprint density at radius 2 is 1.52 bits per heavy atom. The van der Waals surface area contributed by atoms with Crippen molar-refractivity contribution in [2.24, 2.45) is 17.8 Å².